The van der Waals surface area contributed by atoms with Crippen LogP contribution in [0.5, 0.6) is 0 Å². The highest BCUT2D eigenvalue weighted by atomic mass is 16.5. The van der Waals surface area contributed by atoms with Crippen LogP contribution in [0.2, 0.25) is 0 Å². The summed E-state index contributed by atoms with van der Waals surface area (Å²) in [6.07, 6.45) is 2.45. The van der Waals surface area contributed by atoms with Gasteiger partial charge in [0.05, 0.1) is 32.0 Å². The van der Waals surface area contributed by atoms with Crippen molar-refractivity contribution in [3.8, 4) is 0 Å². The number of hydrogen-bond acceptors (Lipinski definition) is 8. The van der Waals surface area contributed by atoms with E-state index in [0.29, 0.717) is 6.42 Å². The lowest BCUT2D eigenvalue weighted by Crippen LogP contribution is -2.31. The van der Waals surface area contributed by atoms with E-state index in [2.05, 4.69) is 25.3 Å². The van der Waals surface area contributed by atoms with Crippen LogP contribution in [-0.4, -0.2) is 47.4 Å². The predicted octanol–water partition coefficient (Wildman–Crippen LogP) is 0.792. The molecule has 0 saturated heterocycles. The second-order valence-electron chi connectivity index (χ2n) is 6.29. The van der Waals surface area contributed by atoms with E-state index < -0.39 is 24.5 Å². The van der Waals surface area contributed by atoms with Crippen LogP contribution in [-0.2, 0) is 25.5 Å². The minimum atomic E-state index is -0.848. The number of nitrogens with zero attached hydrogens (tertiary/aromatic N) is 2. The molecule has 1 atom stereocenters. The van der Waals surface area contributed by atoms with Crippen LogP contribution in [0.4, 0.5) is 5.69 Å². The first kappa shape index (κ1) is 19.9. The number of esters is 2. The second-order valence-corrected chi connectivity index (χ2v) is 6.29. The summed E-state index contributed by atoms with van der Waals surface area (Å²) in [5.74, 6) is -2.10. The predicted molar refractivity (Wildman–Crippen MR) is 99.0 cm³/mol. The first-order valence-corrected chi connectivity index (χ1v) is 8.67. The van der Waals surface area contributed by atoms with Crippen LogP contribution in [0.3, 0.4) is 0 Å². The van der Waals surface area contributed by atoms with E-state index in [1.54, 1.807) is 19.1 Å². The van der Waals surface area contributed by atoms with Crippen molar-refractivity contribution < 1.29 is 28.7 Å². The van der Waals surface area contributed by atoms with Gasteiger partial charge in [-0.05, 0) is 24.1 Å². The molecule has 0 spiro atoms. The summed E-state index contributed by atoms with van der Waals surface area (Å²) in [6.45, 7) is 1.28. The Hall–Kier alpha value is -3.82. The zero-order valence-electron chi connectivity index (χ0n) is 15.7. The first-order chi connectivity index (χ1) is 13.9. The zero-order valence-corrected chi connectivity index (χ0v) is 15.7. The topological polar surface area (TPSA) is 137 Å². The Morgan fingerprint density at radius 3 is 2.52 bits per heavy atom. The van der Waals surface area contributed by atoms with Gasteiger partial charge in [-0.15, -0.1) is 0 Å². The van der Waals surface area contributed by atoms with Crippen LogP contribution >= 0.6 is 0 Å². The fraction of sp³-hybridized carbons (Fsp3) is 0.263. The van der Waals surface area contributed by atoms with Crippen molar-refractivity contribution in [3.05, 3.63) is 53.1 Å². The summed E-state index contributed by atoms with van der Waals surface area (Å²) < 4.78 is 9.41. The quantitative estimate of drug-likeness (QED) is 0.682. The number of amides is 2. The average molecular weight is 398 g/mol. The Labute approximate surface area is 165 Å². The Balaban J connectivity index is 1.52. The van der Waals surface area contributed by atoms with Crippen LogP contribution in [0.25, 0.3) is 0 Å². The third-order valence-corrected chi connectivity index (χ3v) is 4.22. The van der Waals surface area contributed by atoms with Gasteiger partial charge in [-0.1, -0.05) is 12.1 Å². The van der Waals surface area contributed by atoms with E-state index in [9.17, 15) is 19.2 Å². The number of nitrogens with one attached hydrogen (secondary N) is 2. The molecule has 150 valence electrons. The van der Waals surface area contributed by atoms with E-state index in [-0.39, 0.29) is 23.3 Å². The number of methoxy groups -OCH3 is 1. The fourth-order valence-corrected chi connectivity index (χ4v) is 2.73. The molecule has 0 saturated carbocycles. The Kier molecular flexibility index (Phi) is 5.82. The molecule has 1 aromatic heterocycles. The highest BCUT2D eigenvalue weighted by Gasteiger charge is 2.20. The molecule has 29 heavy (non-hydrogen) atoms. The summed E-state index contributed by atoms with van der Waals surface area (Å²) in [4.78, 5) is 54.3. The van der Waals surface area contributed by atoms with E-state index in [0.717, 1.165) is 29.2 Å². The monoisotopic (exact) mass is 398 g/mol. The molecule has 10 nitrogen and oxygen atoms in total. The minimum absolute atomic E-state index is 0.0538. The first-order valence-electron chi connectivity index (χ1n) is 8.67. The molecule has 2 heterocycles. The van der Waals surface area contributed by atoms with Crippen molar-refractivity contribution in [1.82, 2.24) is 15.3 Å². The SMILES string of the molecule is COC(=O)c1cnc(C(=O)OCC(=O)NC(C)c2ccc3c(c2)CC(=O)N3)cn1. The number of ether oxygens (including phenoxy) is 2. The van der Waals surface area contributed by atoms with Crippen molar-refractivity contribution in [1.29, 1.82) is 0 Å². The largest absolute Gasteiger partial charge is 0.464 e. The van der Waals surface area contributed by atoms with Gasteiger partial charge in [0.2, 0.25) is 5.91 Å². The Morgan fingerprint density at radius 2 is 1.86 bits per heavy atom. The maximum atomic E-state index is 12.1. The van der Waals surface area contributed by atoms with Crippen LogP contribution < -0.4 is 10.6 Å². The molecular formula is C19H18N4O6. The molecule has 0 aliphatic carbocycles. The normalized spacial score (nSPS) is 13.1. The summed E-state index contributed by atoms with van der Waals surface area (Å²) >= 11 is 0. The van der Waals surface area contributed by atoms with Gasteiger partial charge >= 0.3 is 11.9 Å². The minimum Gasteiger partial charge on any atom is -0.464 e. The van der Waals surface area contributed by atoms with Crippen LogP contribution in [0, 0.1) is 0 Å². The molecule has 2 amide bonds. The van der Waals surface area contributed by atoms with Crippen molar-refractivity contribution in [3.63, 3.8) is 0 Å². The maximum absolute atomic E-state index is 12.1. The number of carbonyl (C=O) groups is 4. The molecule has 0 radical (unpaired) electrons. The van der Waals surface area contributed by atoms with E-state index in [1.807, 2.05) is 6.07 Å². The number of rotatable bonds is 6. The third-order valence-electron chi connectivity index (χ3n) is 4.22. The van der Waals surface area contributed by atoms with Crippen LogP contribution in [0.1, 0.15) is 45.1 Å². The number of fused-ring (bicyclic) bond motifs is 1. The highest BCUT2D eigenvalue weighted by molar-refractivity contribution is 5.99. The van der Waals surface area contributed by atoms with E-state index >= 15 is 0 Å². The standard InChI is InChI=1S/C19H18N4O6/c1-10(11-3-4-13-12(5-11)6-16(24)23-13)22-17(25)9-29-19(27)15-8-20-14(7-21-15)18(26)28-2/h3-5,7-8,10H,6,9H2,1-2H3,(H,22,25)(H,23,24). The van der Waals surface area contributed by atoms with Crippen molar-refractivity contribution in [2.75, 3.05) is 19.0 Å². The average Bonchev–Trinajstić information content (AvgIpc) is 3.10. The van der Waals surface area contributed by atoms with Gasteiger partial charge in [0.25, 0.3) is 5.91 Å². The smallest absolute Gasteiger partial charge is 0.359 e. The lowest BCUT2D eigenvalue weighted by molar-refractivity contribution is -0.124. The Morgan fingerprint density at radius 1 is 1.17 bits per heavy atom. The second kappa shape index (κ2) is 8.46. The van der Waals surface area contributed by atoms with Gasteiger partial charge in [0.1, 0.15) is 0 Å². The molecule has 1 aliphatic heterocycles. The molecule has 2 N–H and O–H groups in total. The highest BCUT2D eigenvalue weighted by Crippen LogP contribution is 2.26. The Bertz CT molecular complexity index is 973. The van der Waals surface area contributed by atoms with Gasteiger partial charge in [-0.2, -0.15) is 0 Å². The number of carbonyl (C=O) groups excluding carboxylic acids is 4. The molecule has 1 aliphatic rings. The molecule has 0 fully saturated rings. The molecule has 10 heteroatoms. The van der Waals surface area contributed by atoms with Gasteiger partial charge < -0.3 is 20.1 Å². The zero-order chi connectivity index (χ0) is 21.0. The van der Waals surface area contributed by atoms with Crippen LogP contribution in [0.15, 0.2) is 30.6 Å². The molecule has 1 unspecified atom stereocenters. The number of benzene rings is 1. The summed E-state index contributed by atoms with van der Waals surface area (Å²) in [6, 6.07) is 5.10. The van der Waals surface area contributed by atoms with Crippen molar-refractivity contribution in [2.45, 2.75) is 19.4 Å². The van der Waals surface area contributed by atoms with Gasteiger partial charge in [0, 0.05) is 5.69 Å². The molecular weight excluding hydrogens is 380 g/mol. The number of anilines is 1. The lowest BCUT2D eigenvalue weighted by atomic mass is 10.0. The van der Waals surface area contributed by atoms with Gasteiger partial charge in [-0.3, -0.25) is 9.59 Å². The third kappa shape index (κ3) is 4.72. The van der Waals surface area contributed by atoms with Crippen molar-refractivity contribution >= 4 is 29.4 Å². The molecule has 2 aromatic rings. The van der Waals surface area contributed by atoms with E-state index in [4.69, 9.17) is 4.74 Å². The fourth-order valence-electron chi connectivity index (χ4n) is 2.73. The molecule has 0 bridgehead atoms. The number of hydrogen-bond donors (Lipinski definition) is 2. The lowest BCUT2D eigenvalue weighted by Gasteiger charge is -2.15. The number of aromatic nitrogens is 2. The van der Waals surface area contributed by atoms with Crippen molar-refractivity contribution in [2.24, 2.45) is 0 Å². The van der Waals surface area contributed by atoms with Gasteiger partial charge in [0.15, 0.2) is 18.0 Å². The summed E-state index contributed by atoms with van der Waals surface area (Å²) in [5.41, 5.74) is 2.26. The van der Waals surface area contributed by atoms with Gasteiger partial charge in [-0.25, -0.2) is 19.6 Å². The molecule has 3 rings (SSSR count). The molecule has 1 aromatic carbocycles. The summed E-state index contributed by atoms with van der Waals surface area (Å²) in [5, 5.41) is 5.46. The van der Waals surface area contributed by atoms with E-state index in [1.165, 1.54) is 7.11 Å². The maximum Gasteiger partial charge on any atom is 0.359 e. The summed E-state index contributed by atoms with van der Waals surface area (Å²) in [7, 11) is 1.20.